The van der Waals surface area contributed by atoms with Gasteiger partial charge >= 0.3 is 5.97 Å². The molecule has 0 amide bonds. The summed E-state index contributed by atoms with van der Waals surface area (Å²) in [5, 5.41) is 11.1. The van der Waals surface area contributed by atoms with Gasteiger partial charge in [0.05, 0.1) is 18.7 Å². The summed E-state index contributed by atoms with van der Waals surface area (Å²) in [6, 6.07) is 0. The van der Waals surface area contributed by atoms with Crippen LogP contribution in [0.4, 0.5) is 0 Å². The van der Waals surface area contributed by atoms with Crippen molar-refractivity contribution in [2.75, 3.05) is 6.61 Å². The first kappa shape index (κ1) is 10.9. The standard InChI is InChI=1S/C8H15NO3/c1-4-12-8(10)7(5-9-11)6(2)3/h5-7,11H,4H2,1-3H3/b9-5+. The molecule has 12 heavy (non-hydrogen) atoms. The molecule has 0 spiro atoms. The Morgan fingerprint density at radius 1 is 1.67 bits per heavy atom. The Hall–Kier alpha value is -1.06. The van der Waals surface area contributed by atoms with Crippen LogP contribution in [0.15, 0.2) is 5.16 Å². The molecule has 1 atom stereocenters. The molecule has 0 aliphatic heterocycles. The fourth-order valence-corrected chi connectivity index (χ4v) is 0.815. The molecule has 70 valence electrons. The highest BCUT2D eigenvalue weighted by Gasteiger charge is 2.21. The Morgan fingerprint density at radius 3 is 2.58 bits per heavy atom. The monoisotopic (exact) mass is 173 g/mol. The van der Waals surface area contributed by atoms with E-state index in [0.717, 1.165) is 0 Å². The van der Waals surface area contributed by atoms with Crippen molar-refractivity contribution in [2.24, 2.45) is 17.0 Å². The third-order valence-corrected chi connectivity index (χ3v) is 1.50. The molecule has 0 fully saturated rings. The molecule has 0 aromatic heterocycles. The molecule has 1 unspecified atom stereocenters. The number of esters is 1. The average Bonchev–Trinajstić information content (AvgIpc) is 1.99. The van der Waals surface area contributed by atoms with E-state index in [0.29, 0.717) is 6.61 Å². The van der Waals surface area contributed by atoms with Crippen LogP contribution in [-0.4, -0.2) is 24.0 Å². The molecule has 4 nitrogen and oxygen atoms in total. The van der Waals surface area contributed by atoms with Gasteiger partial charge in [0.1, 0.15) is 0 Å². The molecule has 0 saturated heterocycles. The highest BCUT2D eigenvalue weighted by atomic mass is 16.5. The summed E-state index contributed by atoms with van der Waals surface area (Å²) < 4.78 is 4.78. The second kappa shape index (κ2) is 5.57. The first-order valence-electron chi connectivity index (χ1n) is 3.97. The maximum Gasteiger partial charge on any atom is 0.314 e. The number of oxime groups is 1. The summed E-state index contributed by atoms with van der Waals surface area (Å²) in [4.78, 5) is 11.2. The van der Waals surface area contributed by atoms with Gasteiger partial charge in [-0.3, -0.25) is 4.79 Å². The van der Waals surface area contributed by atoms with E-state index in [4.69, 9.17) is 9.94 Å². The molecule has 0 aromatic carbocycles. The molecule has 0 aromatic rings. The number of hydrogen-bond donors (Lipinski definition) is 1. The SMILES string of the molecule is CCOC(=O)C(/C=N/O)C(C)C. The van der Waals surface area contributed by atoms with Crippen LogP contribution in [0.1, 0.15) is 20.8 Å². The number of carbonyl (C=O) groups excluding carboxylic acids is 1. The van der Waals surface area contributed by atoms with Crippen molar-refractivity contribution >= 4 is 12.2 Å². The largest absolute Gasteiger partial charge is 0.465 e. The van der Waals surface area contributed by atoms with E-state index in [1.165, 1.54) is 6.21 Å². The van der Waals surface area contributed by atoms with Gasteiger partial charge < -0.3 is 9.94 Å². The molecular weight excluding hydrogens is 158 g/mol. The Bertz CT molecular complexity index is 166. The summed E-state index contributed by atoms with van der Waals surface area (Å²) in [7, 11) is 0. The first-order valence-corrected chi connectivity index (χ1v) is 3.97. The van der Waals surface area contributed by atoms with Crippen molar-refractivity contribution < 1.29 is 14.7 Å². The maximum atomic E-state index is 11.2. The zero-order valence-corrected chi connectivity index (χ0v) is 7.65. The van der Waals surface area contributed by atoms with Crippen LogP contribution >= 0.6 is 0 Å². The number of ether oxygens (including phenoxy) is 1. The first-order chi connectivity index (χ1) is 5.63. The van der Waals surface area contributed by atoms with Crippen molar-refractivity contribution in [1.82, 2.24) is 0 Å². The third kappa shape index (κ3) is 3.37. The number of carbonyl (C=O) groups is 1. The Morgan fingerprint density at radius 2 is 2.25 bits per heavy atom. The second-order valence-corrected chi connectivity index (χ2v) is 2.79. The smallest absolute Gasteiger partial charge is 0.314 e. The fourth-order valence-electron chi connectivity index (χ4n) is 0.815. The van der Waals surface area contributed by atoms with Crippen LogP contribution in [0.3, 0.4) is 0 Å². The Balaban J connectivity index is 4.19. The van der Waals surface area contributed by atoms with Gasteiger partial charge in [-0.05, 0) is 12.8 Å². The predicted molar refractivity (Wildman–Crippen MR) is 45.2 cm³/mol. The minimum absolute atomic E-state index is 0.0833. The van der Waals surface area contributed by atoms with Crippen LogP contribution in [0.5, 0.6) is 0 Å². The lowest BCUT2D eigenvalue weighted by molar-refractivity contribution is -0.146. The van der Waals surface area contributed by atoms with E-state index in [9.17, 15) is 4.79 Å². The highest BCUT2D eigenvalue weighted by molar-refractivity contribution is 5.89. The zero-order chi connectivity index (χ0) is 9.56. The van der Waals surface area contributed by atoms with Crippen LogP contribution in [-0.2, 0) is 9.53 Å². The summed E-state index contributed by atoms with van der Waals surface area (Å²) >= 11 is 0. The van der Waals surface area contributed by atoms with Gasteiger partial charge in [-0.25, -0.2) is 0 Å². The van der Waals surface area contributed by atoms with Crippen molar-refractivity contribution in [3.63, 3.8) is 0 Å². The van der Waals surface area contributed by atoms with Crippen LogP contribution in [0, 0.1) is 11.8 Å². The summed E-state index contributed by atoms with van der Waals surface area (Å²) in [6.07, 6.45) is 1.20. The van der Waals surface area contributed by atoms with Crippen molar-refractivity contribution in [3.8, 4) is 0 Å². The van der Waals surface area contributed by atoms with Gasteiger partial charge in [0.25, 0.3) is 0 Å². The average molecular weight is 173 g/mol. The second-order valence-electron chi connectivity index (χ2n) is 2.79. The molecule has 0 aliphatic carbocycles. The lowest BCUT2D eigenvalue weighted by atomic mass is 9.97. The van der Waals surface area contributed by atoms with Gasteiger partial charge in [0.2, 0.25) is 0 Å². The predicted octanol–water partition coefficient (Wildman–Crippen LogP) is 1.28. The quantitative estimate of drug-likeness (QED) is 0.301. The lowest BCUT2D eigenvalue weighted by Gasteiger charge is -2.13. The molecule has 0 rings (SSSR count). The van der Waals surface area contributed by atoms with Gasteiger partial charge in [-0.2, -0.15) is 0 Å². The Kier molecular flexibility index (Phi) is 5.08. The molecule has 0 heterocycles. The van der Waals surface area contributed by atoms with Gasteiger partial charge in [0, 0.05) is 0 Å². The molecule has 0 bridgehead atoms. The van der Waals surface area contributed by atoms with Gasteiger partial charge in [-0.15, -0.1) is 5.16 Å². The number of nitrogens with zero attached hydrogens (tertiary/aromatic N) is 1. The molecular formula is C8H15NO3. The summed E-state index contributed by atoms with van der Waals surface area (Å²) in [6.45, 7) is 5.82. The van der Waals surface area contributed by atoms with E-state index in [1.807, 2.05) is 13.8 Å². The van der Waals surface area contributed by atoms with E-state index in [-0.39, 0.29) is 11.9 Å². The molecule has 0 aliphatic rings. The topological polar surface area (TPSA) is 58.9 Å². The van der Waals surface area contributed by atoms with Crippen LogP contribution in [0.2, 0.25) is 0 Å². The van der Waals surface area contributed by atoms with Crippen molar-refractivity contribution in [1.29, 1.82) is 0 Å². The Labute approximate surface area is 72.2 Å². The summed E-state index contributed by atoms with van der Waals surface area (Å²) in [5.74, 6) is -0.708. The fraction of sp³-hybridized carbons (Fsp3) is 0.750. The lowest BCUT2D eigenvalue weighted by Crippen LogP contribution is -2.24. The maximum absolute atomic E-state index is 11.2. The van der Waals surface area contributed by atoms with E-state index in [1.54, 1.807) is 6.92 Å². The third-order valence-electron chi connectivity index (χ3n) is 1.50. The number of rotatable bonds is 4. The molecule has 4 heteroatoms. The minimum atomic E-state index is -0.449. The van der Waals surface area contributed by atoms with Gasteiger partial charge in [0.15, 0.2) is 0 Å². The summed E-state index contributed by atoms with van der Waals surface area (Å²) in [5.41, 5.74) is 0. The molecule has 0 radical (unpaired) electrons. The van der Waals surface area contributed by atoms with E-state index < -0.39 is 5.92 Å². The van der Waals surface area contributed by atoms with E-state index >= 15 is 0 Å². The normalized spacial score (nSPS) is 13.7. The zero-order valence-electron chi connectivity index (χ0n) is 7.65. The minimum Gasteiger partial charge on any atom is -0.465 e. The van der Waals surface area contributed by atoms with Crippen LogP contribution in [0.25, 0.3) is 0 Å². The molecule has 0 saturated carbocycles. The van der Waals surface area contributed by atoms with Gasteiger partial charge in [-0.1, -0.05) is 13.8 Å². The van der Waals surface area contributed by atoms with Crippen molar-refractivity contribution in [2.45, 2.75) is 20.8 Å². The highest BCUT2D eigenvalue weighted by Crippen LogP contribution is 2.10. The van der Waals surface area contributed by atoms with E-state index in [2.05, 4.69) is 5.16 Å². The number of hydrogen-bond acceptors (Lipinski definition) is 4. The van der Waals surface area contributed by atoms with Crippen molar-refractivity contribution in [3.05, 3.63) is 0 Å². The van der Waals surface area contributed by atoms with Crippen LogP contribution < -0.4 is 0 Å². The molecule has 1 N–H and O–H groups in total.